The van der Waals surface area contributed by atoms with Crippen LogP contribution in [-0.2, 0) is 23.0 Å². The monoisotopic (exact) mass is 464 g/mol. The molecule has 7 heteroatoms. The van der Waals surface area contributed by atoms with Crippen LogP contribution in [0.25, 0.3) is 0 Å². The summed E-state index contributed by atoms with van der Waals surface area (Å²) in [6.45, 7) is 0.178. The van der Waals surface area contributed by atoms with E-state index in [4.69, 9.17) is 10.9 Å². The number of rotatable bonds is 7. The molecule has 0 heterocycles. The van der Waals surface area contributed by atoms with E-state index in [1.165, 1.54) is 0 Å². The van der Waals surface area contributed by atoms with Crippen LogP contribution in [0.5, 0.6) is 11.5 Å². The van der Waals surface area contributed by atoms with Gasteiger partial charge in [-0.3, -0.25) is 4.79 Å². The second-order valence-corrected chi connectivity index (χ2v) is 8.49. The zero-order chi connectivity index (χ0) is 17.8. The summed E-state index contributed by atoms with van der Waals surface area (Å²) < 4.78 is 16.8. The standard InChI is InChI=1S/C16H16O4.IPS/c1-19-11-20-15-8-4-13(5-9-15)16(18)10-12-2-6-14(17)7-3-12;1-2-3/h2-9,17H,10-11H2,1H3;/i/hT. The number of methoxy groups -OCH3 is 1. The molecular formula is C16H16IO4PS. The number of carbonyl (C=O) groups excluding carboxylic acids is 1. The number of halogens is 1. The Kier molecular flexibility index (Phi) is 9.09. The summed E-state index contributed by atoms with van der Waals surface area (Å²) in [5.74, 6) is 1.13. The molecule has 0 fully saturated rings. The molecular weight excluding hydrogens is 446 g/mol. The normalized spacial score (nSPS) is 10.3. The van der Waals surface area contributed by atoms with Gasteiger partial charge in [0, 0.05) is 24.1 Å². The van der Waals surface area contributed by atoms with Gasteiger partial charge in [-0.15, -0.1) is 0 Å². The Morgan fingerprint density at radius 1 is 1.26 bits per heavy atom. The molecule has 0 aromatic heterocycles. The van der Waals surface area contributed by atoms with Crippen LogP contribution in [0.15, 0.2) is 48.5 Å². The summed E-state index contributed by atoms with van der Waals surface area (Å²) in [5.41, 5.74) is 1.50. The van der Waals surface area contributed by atoms with Gasteiger partial charge in [0.15, 0.2) is 12.6 Å². The number of hydrogen-bond acceptors (Lipinski definition) is 5. The lowest BCUT2D eigenvalue weighted by atomic mass is 10.0. The Balaban J connectivity index is 0.000000891. The lowest BCUT2D eigenvalue weighted by molar-refractivity contribution is 0.0511. The first kappa shape index (κ1) is 18.3. The van der Waals surface area contributed by atoms with Gasteiger partial charge >= 0.3 is 0 Å². The molecule has 0 saturated heterocycles. The number of carbonyl (C=O) groups is 1. The third-order valence-electron chi connectivity index (χ3n) is 2.81. The number of phenols is 1. The third-order valence-corrected chi connectivity index (χ3v) is 2.81. The van der Waals surface area contributed by atoms with Crippen LogP contribution in [0.3, 0.4) is 0 Å². The first-order chi connectivity index (χ1) is 11.6. The highest BCUT2D eigenvalue weighted by atomic mass is 127. The molecule has 4 nitrogen and oxygen atoms in total. The number of ketones is 1. The molecule has 23 heavy (non-hydrogen) atoms. The van der Waals surface area contributed by atoms with Crippen molar-refractivity contribution in [1.82, 2.24) is 0 Å². The van der Waals surface area contributed by atoms with Crippen molar-refractivity contribution in [2.24, 2.45) is 0 Å². The Morgan fingerprint density at radius 3 is 2.39 bits per heavy atom. The van der Waals surface area contributed by atoms with Crippen molar-refractivity contribution in [3.05, 3.63) is 59.7 Å². The van der Waals surface area contributed by atoms with Gasteiger partial charge in [0.2, 0.25) is 0 Å². The topological polar surface area (TPSA) is 55.8 Å². The number of ether oxygens (including phenoxy) is 2. The van der Waals surface area contributed by atoms with Crippen LogP contribution in [0, 0.1) is 0 Å². The van der Waals surface area contributed by atoms with E-state index in [1.807, 2.05) is 0 Å². The zero-order valence-corrected chi connectivity index (χ0v) is 16.3. The predicted molar refractivity (Wildman–Crippen MR) is 103 cm³/mol. The fourth-order valence-electron chi connectivity index (χ4n) is 1.76. The SMILES string of the molecule is S=PI.[3H]Oc1ccc(CC(=O)c2ccc(OCOC)cc2)cc1. The van der Waals surface area contributed by atoms with Crippen LogP contribution in [-0.4, -0.2) is 26.2 Å². The molecule has 0 radical (unpaired) electrons. The minimum atomic E-state index is 0.0211. The van der Waals surface area contributed by atoms with Gasteiger partial charge in [-0.2, -0.15) is 0 Å². The van der Waals surface area contributed by atoms with Crippen molar-refractivity contribution in [2.75, 3.05) is 13.9 Å². The Morgan fingerprint density at radius 2 is 1.87 bits per heavy atom. The van der Waals surface area contributed by atoms with Gasteiger partial charge in [-0.25, -0.2) is 0 Å². The fraction of sp³-hybridized carbons (Fsp3) is 0.188. The molecule has 0 unspecified atom stereocenters. The lowest BCUT2D eigenvalue weighted by Crippen LogP contribution is -2.04. The number of benzene rings is 2. The number of phenolic OH excluding ortho intramolecular Hbond substituents is 1. The van der Waals surface area contributed by atoms with Crippen molar-refractivity contribution in [3.8, 4) is 11.5 Å². The molecule has 2 aromatic rings. The molecule has 0 aliphatic rings. The maximum atomic E-state index is 12.2. The molecule has 0 bridgehead atoms. The highest BCUT2D eigenvalue weighted by molar-refractivity contribution is 14.2. The van der Waals surface area contributed by atoms with Crippen molar-refractivity contribution in [1.29, 1.82) is 1.43 Å². The Hall–Kier alpha value is -1.08. The van der Waals surface area contributed by atoms with Crippen LogP contribution in [0.1, 0.15) is 15.9 Å². The molecule has 122 valence electrons. The highest BCUT2D eigenvalue weighted by Gasteiger charge is 2.07. The molecule has 2 aromatic carbocycles. The first-order valence-corrected chi connectivity index (χ1v) is 11.2. The molecule has 0 spiro atoms. The van der Waals surface area contributed by atoms with Crippen molar-refractivity contribution in [3.63, 3.8) is 0 Å². The molecule has 1 N–H and O–H groups in total. The summed E-state index contributed by atoms with van der Waals surface area (Å²) in [4.78, 5) is 13.1. The summed E-state index contributed by atoms with van der Waals surface area (Å²) in [6, 6.07) is 13.8. The summed E-state index contributed by atoms with van der Waals surface area (Å²) in [5, 5.41) is 4.35. The van der Waals surface area contributed by atoms with Crippen LogP contribution in [0.4, 0.5) is 0 Å². The van der Waals surface area contributed by atoms with E-state index < -0.39 is 0 Å². The molecule has 0 amide bonds. The molecule has 0 saturated carbocycles. The quantitative estimate of drug-likeness (QED) is 0.282. The average molecular weight is 464 g/mol. The average Bonchev–Trinajstić information content (AvgIpc) is 2.61. The maximum absolute atomic E-state index is 12.2. The highest BCUT2D eigenvalue weighted by Crippen LogP contribution is 2.15. The van der Waals surface area contributed by atoms with Gasteiger partial charge in [-0.1, -0.05) is 12.1 Å². The van der Waals surface area contributed by atoms with Gasteiger partial charge < -0.3 is 14.6 Å². The fourth-order valence-corrected chi connectivity index (χ4v) is 1.76. The predicted octanol–water partition coefficient (Wildman–Crippen LogP) is 4.54. The Labute approximate surface area is 156 Å². The number of aromatic hydroxyl groups is 1. The second kappa shape index (κ2) is 11.5. The lowest BCUT2D eigenvalue weighted by Gasteiger charge is -2.06. The zero-order valence-electron chi connectivity index (χ0n) is 13.4. The van der Waals surface area contributed by atoms with E-state index in [0.717, 1.165) is 10.6 Å². The molecule has 0 atom stereocenters. The van der Waals surface area contributed by atoms with E-state index in [0.29, 0.717) is 23.5 Å². The maximum Gasteiger partial charge on any atom is 0.293 e. The summed E-state index contributed by atoms with van der Waals surface area (Å²) in [6.07, 6.45) is 0.302. The van der Waals surface area contributed by atoms with Gasteiger partial charge in [0.05, 0.1) is 0 Å². The van der Waals surface area contributed by atoms with Crippen molar-refractivity contribution >= 4 is 44.6 Å². The van der Waals surface area contributed by atoms with E-state index in [-0.39, 0.29) is 12.6 Å². The largest absolute Gasteiger partial charge is 0.508 e. The Bertz CT molecular complexity index is 638. The molecule has 0 aliphatic heterocycles. The number of hydrogen-bond donors (Lipinski definition) is 1. The smallest absolute Gasteiger partial charge is 0.293 e. The number of Topliss-reactive ketones (excluding diaryl/α,β-unsaturated/α-hetero) is 1. The summed E-state index contributed by atoms with van der Waals surface area (Å²) in [7, 11) is 1.55. The van der Waals surface area contributed by atoms with Crippen LogP contribution < -0.4 is 4.74 Å². The van der Waals surface area contributed by atoms with Crippen LogP contribution in [0.2, 0.25) is 0 Å². The first-order valence-electron chi connectivity index (χ1n) is 6.96. The third kappa shape index (κ3) is 7.83. The van der Waals surface area contributed by atoms with E-state index >= 15 is 0 Å². The van der Waals surface area contributed by atoms with E-state index in [9.17, 15) is 4.79 Å². The minimum absolute atomic E-state index is 0.0211. The second-order valence-electron chi connectivity index (χ2n) is 4.39. The molecule has 2 rings (SSSR count). The molecule has 0 aliphatic carbocycles. The van der Waals surface area contributed by atoms with Crippen molar-refractivity contribution < 1.29 is 19.4 Å². The van der Waals surface area contributed by atoms with Crippen molar-refractivity contribution in [2.45, 2.75) is 6.42 Å². The van der Waals surface area contributed by atoms with E-state index in [1.54, 1.807) is 55.6 Å². The van der Waals surface area contributed by atoms with Gasteiger partial charge in [-0.05, 0) is 75.8 Å². The minimum Gasteiger partial charge on any atom is -0.508 e. The van der Waals surface area contributed by atoms with E-state index in [2.05, 4.69) is 39.0 Å². The van der Waals surface area contributed by atoms with Gasteiger partial charge in [0.1, 0.15) is 11.5 Å². The van der Waals surface area contributed by atoms with Crippen LogP contribution >= 0.6 is 27.0 Å². The summed E-state index contributed by atoms with van der Waals surface area (Å²) >= 11 is 6.43. The van der Waals surface area contributed by atoms with Gasteiger partial charge in [0.25, 0.3) is 1.43 Å².